The fraction of sp³-hybridized carbons (Fsp3) is 0.0769. The lowest BCUT2D eigenvalue weighted by Gasteiger charge is -2.11. The molecule has 0 unspecified atom stereocenters. The highest BCUT2D eigenvalue weighted by atomic mass is 35.5. The summed E-state index contributed by atoms with van der Waals surface area (Å²) in [6.45, 7) is 0. The molecule has 1 aromatic heterocycles. The van der Waals surface area contributed by atoms with Crippen molar-refractivity contribution in [3.8, 4) is 11.3 Å². The molecule has 1 N–H and O–H groups in total. The molecule has 0 saturated heterocycles. The predicted molar refractivity (Wildman–Crippen MR) is 81.1 cm³/mol. The van der Waals surface area contributed by atoms with Gasteiger partial charge >= 0.3 is 5.97 Å². The summed E-state index contributed by atoms with van der Waals surface area (Å²) in [5.41, 5.74) is 1.19. The summed E-state index contributed by atoms with van der Waals surface area (Å²) < 4.78 is 0. The van der Waals surface area contributed by atoms with E-state index in [0.717, 1.165) is 0 Å². The summed E-state index contributed by atoms with van der Waals surface area (Å²) in [5.74, 6) is -0.989. The van der Waals surface area contributed by atoms with Crippen LogP contribution in [0.25, 0.3) is 11.3 Å². The largest absolute Gasteiger partial charge is 0.481 e. The maximum absolute atomic E-state index is 10.8. The van der Waals surface area contributed by atoms with Crippen LogP contribution >= 0.6 is 46.4 Å². The van der Waals surface area contributed by atoms with Crippen molar-refractivity contribution in [2.75, 3.05) is 0 Å². The zero-order chi connectivity index (χ0) is 14.9. The second kappa shape index (κ2) is 6.19. The minimum atomic E-state index is -0.989. The number of hydrogen-bond acceptors (Lipinski definition) is 2. The molecule has 0 bridgehead atoms. The van der Waals surface area contributed by atoms with Gasteiger partial charge in [0, 0.05) is 16.8 Å². The Morgan fingerprint density at radius 1 is 1.15 bits per heavy atom. The lowest BCUT2D eigenvalue weighted by molar-refractivity contribution is -0.136. The van der Waals surface area contributed by atoms with Crippen LogP contribution in [0.3, 0.4) is 0 Å². The highest BCUT2D eigenvalue weighted by Gasteiger charge is 2.17. The Balaban J connectivity index is 2.62. The van der Waals surface area contributed by atoms with Gasteiger partial charge in [0.15, 0.2) is 0 Å². The molecule has 0 amide bonds. The summed E-state index contributed by atoms with van der Waals surface area (Å²) in [4.78, 5) is 14.9. The first-order valence-corrected chi connectivity index (χ1v) is 6.91. The number of pyridine rings is 1. The molecule has 0 aliphatic carbocycles. The van der Waals surface area contributed by atoms with Crippen LogP contribution in [-0.2, 0) is 11.2 Å². The number of halogens is 4. The van der Waals surface area contributed by atoms with Crippen molar-refractivity contribution in [3.05, 3.63) is 50.0 Å². The number of aromatic nitrogens is 1. The highest BCUT2D eigenvalue weighted by molar-refractivity contribution is 6.43. The molecule has 20 heavy (non-hydrogen) atoms. The number of benzene rings is 1. The van der Waals surface area contributed by atoms with Crippen molar-refractivity contribution in [3.63, 3.8) is 0 Å². The zero-order valence-electron chi connectivity index (χ0n) is 9.83. The number of aliphatic carboxylic acids is 1. The van der Waals surface area contributed by atoms with Gasteiger partial charge in [-0.15, -0.1) is 0 Å². The van der Waals surface area contributed by atoms with E-state index in [1.54, 1.807) is 0 Å². The first-order chi connectivity index (χ1) is 9.40. The average Bonchev–Trinajstić information content (AvgIpc) is 2.32. The van der Waals surface area contributed by atoms with Crippen LogP contribution in [0, 0.1) is 0 Å². The van der Waals surface area contributed by atoms with Gasteiger partial charge in [-0.05, 0) is 23.8 Å². The van der Waals surface area contributed by atoms with Gasteiger partial charge < -0.3 is 5.11 Å². The van der Waals surface area contributed by atoms with E-state index in [-0.39, 0.29) is 11.4 Å². The minimum absolute atomic E-state index is 0.209. The van der Waals surface area contributed by atoms with Crippen LogP contribution in [0.5, 0.6) is 0 Å². The topological polar surface area (TPSA) is 50.2 Å². The number of nitrogens with zero attached hydrogens (tertiary/aromatic N) is 1. The third-order valence-corrected chi connectivity index (χ3v) is 3.79. The summed E-state index contributed by atoms with van der Waals surface area (Å²) >= 11 is 24.3. The van der Waals surface area contributed by atoms with Crippen LogP contribution in [-0.4, -0.2) is 16.1 Å². The number of carboxylic acid groups (broad SMARTS) is 1. The third-order valence-electron chi connectivity index (χ3n) is 2.55. The van der Waals surface area contributed by atoms with E-state index in [1.807, 2.05) is 0 Å². The van der Waals surface area contributed by atoms with Crippen molar-refractivity contribution in [1.29, 1.82) is 0 Å². The Morgan fingerprint density at radius 2 is 1.75 bits per heavy atom. The quantitative estimate of drug-likeness (QED) is 0.848. The smallest absolute Gasteiger partial charge is 0.307 e. The number of carbonyl (C=O) groups is 1. The fourth-order valence-corrected chi connectivity index (χ4v) is 2.99. The van der Waals surface area contributed by atoms with Crippen molar-refractivity contribution in [2.45, 2.75) is 6.42 Å². The van der Waals surface area contributed by atoms with E-state index in [0.29, 0.717) is 31.9 Å². The Bertz CT molecular complexity index is 665. The van der Waals surface area contributed by atoms with Crippen molar-refractivity contribution < 1.29 is 9.90 Å². The van der Waals surface area contributed by atoms with Gasteiger partial charge in [0.2, 0.25) is 0 Å². The Kier molecular flexibility index (Phi) is 4.76. The van der Waals surface area contributed by atoms with E-state index in [4.69, 9.17) is 51.5 Å². The van der Waals surface area contributed by atoms with E-state index in [2.05, 4.69) is 4.98 Å². The van der Waals surface area contributed by atoms with Crippen molar-refractivity contribution in [1.82, 2.24) is 4.98 Å². The molecule has 7 heteroatoms. The molecule has 0 saturated carbocycles. The number of carboxylic acids is 1. The lowest BCUT2D eigenvalue weighted by Crippen LogP contribution is -2.02. The van der Waals surface area contributed by atoms with E-state index in [1.165, 1.54) is 24.4 Å². The molecule has 0 spiro atoms. The SMILES string of the molecule is O=C(O)Cc1ccnc(-c2c(Cl)cc(Cl)cc2Cl)c1Cl. The van der Waals surface area contributed by atoms with Crippen LogP contribution in [0.4, 0.5) is 0 Å². The summed E-state index contributed by atoms with van der Waals surface area (Å²) in [6, 6.07) is 4.58. The monoisotopic (exact) mass is 349 g/mol. The molecule has 0 aliphatic rings. The molecule has 0 aliphatic heterocycles. The molecule has 1 aromatic carbocycles. The van der Waals surface area contributed by atoms with Crippen LogP contribution in [0.15, 0.2) is 24.4 Å². The average molecular weight is 351 g/mol. The molecule has 2 rings (SSSR count). The van der Waals surface area contributed by atoms with Crippen molar-refractivity contribution in [2.24, 2.45) is 0 Å². The Hall–Kier alpha value is -1.000. The van der Waals surface area contributed by atoms with Crippen LogP contribution in [0.2, 0.25) is 20.1 Å². The van der Waals surface area contributed by atoms with Crippen molar-refractivity contribution >= 4 is 52.4 Å². The number of hydrogen-bond donors (Lipinski definition) is 1. The van der Waals surface area contributed by atoms with Gasteiger partial charge in [-0.3, -0.25) is 9.78 Å². The van der Waals surface area contributed by atoms with Crippen LogP contribution in [0.1, 0.15) is 5.56 Å². The molecular weight excluding hydrogens is 344 g/mol. The minimum Gasteiger partial charge on any atom is -0.481 e. The highest BCUT2D eigenvalue weighted by Crippen LogP contribution is 2.40. The van der Waals surface area contributed by atoms with E-state index in [9.17, 15) is 4.79 Å². The van der Waals surface area contributed by atoms with Gasteiger partial charge in [-0.25, -0.2) is 0 Å². The third kappa shape index (κ3) is 3.18. The molecule has 1 heterocycles. The molecular formula is C13H7Cl4NO2. The summed E-state index contributed by atoms with van der Waals surface area (Å²) in [7, 11) is 0. The molecule has 104 valence electrons. The zero-order valence-corrected chi connectivity index (χ0v) is 12.9. The van der Waals surface area contributed by atoms with E-state index >= 15 is 0 Å². The standard InChI is InChI=1S/C13H7Cl4NO2/c14-7-4-8(15)11(9(16)5-7)13-12(17)6(1-2-18-13)3-10(19)20/h1-2,4-5H,3H2,(H,19,20). The molecule has 0 fully saturated rings. The number of rotatable bonds is 3. The molecule has 3 nitrogen and oxygen atoms in total. The molecule has 0 atom stereocenters. The van der Waals surface area contributed by atoms with Gasteiger partial charge in [0.1, 0.15) is 0 Å². The maximum atomic E-state index is 10.8. The van der Waals surface area contributed by atoms with Gasteiger partial charge in [0.05, 0.1) is 27.2 Å². The fourth-order valence-electron chi connectivity index (χ4n) is 1.73. The van der Waals surface area contributed by atoms with Gasteiger partial charge in [-0.2, -0.15) is 0 Å². The maximum Gasteiger partial charge on any atom is 0.307 e. The predicted octanol–water partition coefficient (Wildman–Crippen LogP) is 4.99. The second-order valence-electron chi connectivity index (χ2n) is 3.95. The summed E-state index contributed by atoms with van der Waals surface area (Å²) in [6.07, 6.45) is 1.25. The second-order valence-corrected chi connectivity index (χ2v) is 5.58. The lowest BCUT2D eigenvalue weighted by atomic mass is 10.1. The molecule has 0 radical (unpaired) electrons. The van der Waals surface area contributed by atoms with E-state index < -0.39 is 5.97 Å². The normalized spacial score (nSPS) is 10.6. The summed E-state index contributed by atoms with van der Waals surface area (Å²) in [5, 5.41) is 10.0. The first-order valence-electron chi connectivity index (χ1n) is 5.40. The Labute approximate surface area is 135 Å². The van der Waals surface area contributed by atoms with Gasteiger partial charge in [-0.1, -0.05) is 46.4 Å². The molecule has 2 aromatic rings. The van der Waals surface area contributed by atoms with Gasteiger partial charge in [0.25, 0.3) is 0 Å². The van der Waals surface area contributed by atoms with Crippen LogP contribution < -0.4 is 0 Å². The Morgan fingerprint density at radius 3 is 2.30 bits per heavy atom. The first kappa shape index (κ1) is 15.4.